The van der Waals surface area contributed by atoms with Crippen molar-refractivity contribution in [2.24, 2.45) is 4.99 Å². The number of allylic oxidation sites excluding steroid dienone is 2. The molecule has 21 heavy (non-hydrogen) atoms. The van der Waals surface area contributed by atoms with Crippen molar-refractivity contribution >= 4 is 11.8 Å². The van der Waals surface area contributed by atoms with Crippen LogP contribution in [0, 0.1) is 0 Å². The fraction of sp³-hybridized carbons (Fsp3) is 0.353. The zero-order valence-corrected chi connectivity index (χ0v) is 13.2. The predicted molar refractivity (Wildman–Crippen MR) is 85.3 cm³/mol. The van der Waals surface area contributed by atoms with Gasteiger partial charge in [-0.15, -0.1) is 0 Å². The van der Waals surface area contributed by atoms with Crippen LogP contribution in [0.5, 0.6) is 17.2 Å². The van der Waals surface area contributed by atoms with E-state index in [4.69, 9.17) is 9.47 Å². The average molecular weight is 287 g/mol. The van der Waals surface area contributed by atoms with Gasteiger partial charge in [-0.25, -0.2) is 0 Å². The van der Waals surface area contributed by atoms with E-state index < -0.39 is 0 Å². The summed E-state index contributed by atoms with van der Waals surface area (Å²) in [5.41, 5.74) is 5.38. The van der Waals surface area contributed by atoms with Crippen LogP contribution in [0.4, 0.5) is 0 Å². The lowest BCUT2D eigenvalue weighted by atomic mass is 10.0. The van der Waals surface area contributed by atoms with Crippen LogP contribution in [0.25, 0.3) is 6.08 Å². The highest BCUT2D eigenvalue weighted by atomic mass is 16.5. The molecule has 1 aliphatic rings. The van der Waals surface area contributed by atoms with Gasteiger partial charge < -0.3 is 14.6 Å². The van der Waals surface area contributed by atoms with Gasteiger partial charge in [-0.05, 0) is 55.2 Å². The summed E-state index contributed by atoms with van der Waals surface area (Å²) in [5.74, 6) is 0.782. The standard InChI is InChI=1S/C17H21NO3/c1-6-13-10(2)14(18-11(13)3)7-12-8-15(20-4)17(19)16(9-12)21-5/h7-9,19H,6H2,1-5H3/b14-7-. The quantitative estimate of drug-likeness (QED) is 0.912. The minimum atomic E-state index is 0.00904. The van der Waals surface area contributed by atoms with E-state index in [0.717, 1.165) is 23.4 Å². The molecule has 1 aromatic carbocycles. The van der Waals surface area contributed by atoms with Crippen LogP contribution in [-0.2, 0) is 0 Å². The molecule has 1 aliphatic heterocycles. The van der Waals surface area contributed by atoms with Gasteiger partial charge in [0.15, 0.2) is 11.5 Å². The number of benzene rings is 1. The molecule has 0 saturated heterocycles. The van der Waals surface area contributed by atoms with Gasteiger partial charge in [0.25, 0.3) is 0 Å². The molecule has 0 aromatic heterocycles. The Morgan fingerprint density at radius 2 is 1.71 bits per heavy atom. The summed E-state index contributed by atoms with van der Waals surface area (Å²) in [6.07, 6.45) is 2.95. The molecule has 4 heteroatoms. The number of rotatable bonds is 4. The third kappa shape index (κ3) is 2.79. The summed E-state index contributed by atoms with van der Waals surface area (Å²) < 4.78 is 10.4. The molecule has 0 fully saturated rings. The van der Waals surface area contributed by atoms with E-state index in [-0.39, 0.29) is 5.75 Å². The fourth-order valence-electron chi connectivity index (χ4n) is 2.57. The van der Waals surface area contributed by atoms with E-state index in [1.165, 1.54) is 25.4 Å². The van der Waals surface area contributed by atoms with E-state index in [2.05, 4.69) is 18.8 Å². The lowest BCUT2D eigenvalue weighted by Crippen LogP contribution is -1.91. The minimum absolute atomic E-state index is 0.00904. The molecular weight excluding hydrogens is 266 g/mol. The van der Waals surface area contributed by atoms with Crippen LogP contribution in [0.2, 0.25) is 0 Å². The molecule has 0 radical (unpaired) electrons. The first-order valence-corrected chi connectivity index (χ1v) is 6.94. The lowest BCUT2D eigenvalue weighted by molar-refractivity contribution is 0.340. The van der Waals surface area contributed by atoms with Gasteiger partial charge in [0.05, 0.1) is 19.9 Å². The second kappa shape index (κ2) is 6.04. The number of phenols is 1. The Balaban J connectivity index is 2.50. The zero-order valence-electron chi connectivity index (χ0n) is 13.2. The maximum absolute atomic E-state index is 9.94. The zero-order chi connectivity index (χ0) is 15.6. The van der Waals surface area contributed by atoms with Crippen LogP contribution in [0.1, 0.15) is 32.8 Å². The summed E-state index contributed by atoms with van der Waals surface area (Å²) in [6.45, 7) is 6.24. The van der Waals surface area contributed by atoms with Crippen molar-refractivity contribution in [2.75, 3.05) is 14.2 Å². The highest BCUT2D eigenvalue weighted by molar-refractivity contribution is 6.03. The average Bonchev–Trinajstić information content (AvgIpc) is 2.74. The number of phenolic OH excluding ortho intramolecular Hbond substituents is 1. The van der Waals surface area contributed by atoms with E-state index in [1.54, 1.807) is 12.1 Å². The molecule has 0 aliphatic carbocycles. The van der Waals surface area contributed by atoms with Crippen LogP contribution >= 0.6 is 0 Å². The number of aliphatic imine (C=N–C) groups is 1. The topological polar surface area (TPSA) is 51.0 Å². The van der Waals surface area contributed by atoms with Crippen molar-refractivity contribution in [3.05, 3.63) is 34.5 Å². The summed E-state index contributed by atoms with van der Waals surface area (Å²) in [6, 6.07) is 3.54. The number of aromatic hydroxyl groups is 1. The number of hydrogen-bond donors (Lipinski definition) is 1. The van der Waals surface area contributed by atoms with E-state index >= 15 is 0 Å². The lowest BCUT2D eigenvalue weighted by Gasteiger charge is -2.10. The van der Waals surface area contributed by atoms with E-state index in [0.29, 0.717) is 11.5 Å². The van der Waals surface area contributed by atoms with E-state index in [9.17, 15) is 5.11 Å². The number of methoxy groups -OCH3 is 2. The second-order valence-electron chi connectivity index (χ2n) is 4.96. The molecule has 0 atom stereocenters. The van der Waals surface area contributed by atoms with Crippen LogP contribution in [-0.4, -0.2) is 25.0 Å². The van der Waals surface area contributed by atoms with Crippen molar-refractivity contribution in [1.29, 1.82) is 0 Å². The molecule has 1 N–H and O–H groups in total. The van der Waals surface area contributed by atoms with E-state index in [1.807, 2.05) is 13.0 Å². The third-order valence-electron chi connectivity index (χ3n) is 3.72. The first-order valence-electron chi connectivity index (χ1n) is 6.94. The summed E-state index contributed by atoms with van der Waals surface area (Å²) in [7, 11) is 3.03. The van der Waals surface area contributed by atoms with Gasteiger partial charge in [0.1, 0.15) is 0 Å². The molecule has 0 saturated carbocycles. The first-order chi connectivity index (χ1) is 10.0. The molecule has 1 heterocycles. The Morgan fingerprint density at radius 1 is 1.14 bits per heavy atom. The van der Waals surface area contributed by atoms with Gasteiger partial charge in [-0.2, -0.15) is 0 Å². The number of nitrogens with zero attached hydrogens (tertiary/aromatic N) is 1. The molecule has 112 valence electrons. The van der Waals surface area contributed by atoms with Gasteiger partial charge in [-0.3, -0.25) is 4.99 Å². The number of ether oxygens (including phenoxy) is 2. The van der Waals surface area contributed by atoms with Crippen LogP contribution < -0.4 is 9.47 Å². The van der Waals surface area contributed by atoms with Crippen molar-refractivity contribution in [1.82, 2.24) is 0 Å². The normalized spacial score (nSPS) is 16.4. The Hall–Kier alpha value is -2.23. The Labute approximate surface area is 125 Å². The van der Waals surface area contributed by atoms with Gasteiger partial charge in [-0.1, -0.05) is 6.92 Å². The van der Waals surface area contributed by atoms with Crippen molar-refractivity contribution in [2.45, 2.75) is 27.2 Å². The van der Waals surface area contributed by atoms with Gasteiger partial charge in [0, 0.05) is 5.71 Å². The molecule has 0 unspecified atom stereocenters. The second-order valence-corrected chi connectivity index (χ2v) is 4.96. The molecule has 0 bridgehead atoms. The molecular formula is C17H21NO3. The van der Waals surface area contributed by atoms with Crippen molar-refractivity contribution in [3.8, 4) is 17.2 Å². The highest BCUT2D eigenvalue weighted by Gasteiger charge is 2.17. The maximum atomic E-state index is 9.94. The maximum Gasteiger partial charge on any atom is 0.200 e. The Morgan fingerprint density at radius 3 is 2.14 bits per heavy atom. The molecule has 0 amide bonds. The largest absolute Gasteiger partial charge is 0.502 e. The predicted octanol–water partition coefficient (Wildman–Crippen LogP) is 3.95. The summed E-state index contributed by atoms with van der Waals surface area (Å²) >= 11 is 0. The minimum Gasteiger partial charge on any atom is -0.502 e. The Kier molecular flexibility index (Phi) is 4.36. The third-order valence-corrected chi connectivity index (χ3v) is 3.72. The van der Waals surface area contributed by atoms with Crippen molar-refractivity contribution in [3.63, 3.8) is 0 Å². The number of hydrogen-bond acceptors (Lipinski definition) is 4. The molecule has 4 nitrogen and oxygen atoms in total. The highest BCUT2D eigenvalue weighted by Crippen LogP contribution is 2.38. The molecule has 0 spiro atoms. The van der Waals surface area contributed by atoms with Crippen molar-refractivity contribution < 1.29 is 14.6 Å². The molecule has 1 aromatic rings. The summed E-state index contributed by atoms with van der Waals surface area (Å²) in [5, 5.41) is 9.94. The van der Waals surface area contributed by atoms with Crippen LogP contribution in [0.15, 0.2) is 34.0 Å². The SMILES string of the molecule is CCC1=C(C)/C(=C/c2cc(OC)c(O)c(OC)c2)N=C1C. The smallest absolute Gasteiger partial charge is 0.200 e. The monoisotopic (exact) mass is 287 g/mol. The summed E-state index contributed by atoms with van der Waals surface area (Å²) in [4.78, 5) is 4.61. The van der Waals surface area contributed by atoms with Gasteiger partial charge in [0.2, 0.25) is 5.75 Å². The fourth-order valence-corrected chi connectivity index (χ4v) is 2.57. The van der Waals surface area contributed by atoms with Gasteiger partial charge >= 0.3 is 0 Å². The Bertz CT molecular complexity index is 629. The molecule has 2 rings (SSSR count). The first kappa shape index (κ1) is 15.2. The van der Waals surface area contributed by atoms with Crippen LogP contribution in [0.3, 0.4) is 0 Å².